The third-order valence-corrected chi connectivity index (χ3v) is 2.44. The van der Waals surface area contributed by atoms with Crippen LogP contribution in [0.2, 0.25) is 0 Å². The van der Waals surface area contributed by atoms with Gasteiger partial charge in [0.05, 0.1) is 6.61 Å². The van der Waals surface area contributed by atoms with E-state index in [-0.39, 0.29) is 19.1 Å². The molecule has 3 N–H and O–H groups in total. The summed E-state index contributed by atoms with van der Waals surface area (Å²) in [6.07, 6.45) is 0.851. The van der Waals surface area contributed by atoms with Gasteiger partial charge in [-0.3, -0.25) is 4.79 Å². The first-order valence-corrected chi connectivity index (χ1v) is 6.04. The van der Waals surface area contributed by atoms with Crippen LogP contribution in [0.4, 0.5) is 5.69 Å². The minimum atomic E-state index is -0.131. The summed E-state index contributed by atoms with van der Waals surface area (Å²) in [5.74, 6) is 0.442. The molecule has 0 aliphatic heterocycles. The molecule has 5 heteroatoms. The molecule has 18 heavy (non-hydrogen) atoms. The van der Waals surface area contributed by atoms with Crippen molar-refractivity contribution in [2.75, 3.05) is 32.0 Å². The Balaban J connectivity index is 2.48. The van der Waals surface area contributed by atoms with Gasteiger partial charge in [-0.1, -0.05) is 13.0 Å². The highest BCUT2D eigenvalue weighted by Gasteiger charge is 2.12. The van der Waals surface area contributed by atoms with E-state index in [0.717, 1.165) is 6.42 Å². The van der Waals surface area contributed by atoms with Crippen molar-refractivity contribution in [2.45, 2.75) is 13.3 Å². The molecule has 0 heterocycles. The lowest BCUT2D eigenvalue weighted by Gasteiger charge is -2.21. The monoisotopic (exact) mass is 252 g/mol. The van der Waals surface area contributed by atoms with Crippen molar-refractivity contribution >= 4 is 11.6 Å². The molecule has 5 nitrogen and oxygen atoms in total. The molecule has 0 aliphatic carbocycles. The number of anilines is 1. The number of rotatable bonds is 7. The third kappa shape index (κ3) is 4.63. The minimum Gasteiger partial charge on any atom is -0.484 e. The summed E-state index contributed by atoms with van der Waals surface area (Å²) < 4.78 is 5.37. The van der Waals surface area contributed by atoms with E-state index in [4.69, 9.17) is 15.6 Å². The fraction of sp³-hybridized carbons (Fsp3) is 0.462. The van der Waals surface area contributed by atoms with Crippen molar-refractivity contribution in [2.24, 2.45) is 0 Å². The van der Waals surface area contributed by atoms with Crippen LogP contribution in [0, 0.1) is 0 Å². The van der Waals surface area contributed by atoms with Gasteiger partial charge in [0.25, 0.3) is 5.91 Å². The molecular weight excluding hydrogens is 232 g/mol. The quantitative estimate of drug-likeness (QED) is 0.706. The second-order valence-corrected chi connectivity index (χ2v) is 3.97. The zero-order chi connectivity index (χ0) is 13.4. The van der Waals surface area contributed by atoms with Crippen LogP contribution in [0.5, 0.6) is 5.75 Å². The van der Waals surface area contributed by atoms with E-state index >= 15 is 0 Å². The molecule has 1 rings (SSSR count). The number of amides is 1. The van der Waals surface area contributed by atoms with Crippen LogP contribution in [0.3, 0.4) is 0 Å². The van der Waals surface area contributed by atoms with Gasteiger partial charge in [-0.05, 0) is 18.6 Å². The second-order valence-electron chi connectivity index (χ2n) is 3.97. The normalized spacial score (nSPS) is 10.1. The third-order valence-electron chi connectivity index (χ3n) is 2.44. The molecule has 0 saturated carbocycles. The van der Waals surface area contributed by atoms with Crippen LogP contribution in [0.15, 0.2) is 24.3 Å². The number of aliphatic hydroxyl groups excluding tert-OH is 1. The van der Waals surface area contributed by atoms with Crippen LogP contribution >= 0.6 is 0 Å². The predicted molar refractivity (Wildman–Crippen MR) is 70.3 cm³/mol. The van der Waals surface area contributed by atoms with Gasteiger partial charge in [0, 0.05) is 24.8 Å². The summed E-state index contributed by atoms with van der Waals surface area (Å²) in [5, 5.41) is 8.88. The van der Waals surface area contributed by atoms with E-state index in [1.54, 1.807) is 29.2 Å². The highest BCUT2D eigenvalue weighted by molar-refractivity contribution is 5.77. The lowest BCUT2D eigenvalue weighted by atomic mass is 10.3. The molecule has 0 bridgehead atoms. The highest BCUT2D eigenvalue weighted by atomic mass is 16.5. The molecule has 0 aliphatic rings. The number of carbonyl (C=O) groups excluding carboxylic acids is 1. The van der Waals surface area contributed by atoms with Crippen molar-refractivity contribution in [1.82, 2.24) is 4.90 Å². The van der Waals surface area contributed by atoms with Gasteiger partial charge in [0.15, 0.2) is 6.61 Å². The summed E-state index contributed by atoms with van der Waals surface area (Å²) in [4.78, 5) is 13.4. The van der Waals surface area contributed by atoms with Crippen molar-refractivity contribution in [3.8, 4) is 5.75 Å². The Morgan fingerprint density at radius 3 is 2.83 bits per heavy atom. The Morgan fingerprint density at radius 2 is 2.22 bits per heavy atom. The van der Waals surface area contributed by atoms with Crippen molar-refractivity contribution in [3.05, 3.63) is 24.3 Å². The van der Waals surface area contributed by atoms with Crippen LogP contribution in [-0.2, 0) is 4.79 Å². The number of ether oxygens (including phenoxy) is 1. The zero-order valence-corrected chi connectivity index (χ0v) is 10.6. The van der Waals surface area contributed by atoms with E-state index in [9.17, 15) is 4.79 Å². The fourth-order valence-electron chi connectivity index (χ4n) is 1.59. The number of carbonyl (C=O) groups is 1. The Morgan fingerprint density at radius 1 is 1.44 bits per heavy atom. The summed E-state index contributed by atoms with van der Waals surface area (Å²) in [6, 6.07) is 6.94. The standard InChI is InChI=1S/C13H20N2O3/c1-2-6-15(7-8-16)13(17)10-18-12-5-3-4-11(14)9-12/h3-5,9,16H,2,6-8,10,14H2,1H3. The number of aliphatic hydroxyl groups is 1. The number of benzene rings is 1. The fourth-order valence-corrected chi connectivity index (χ4v) is 1.59. The maximum absolute atomic E-state index is 11.8. The Hall–Kier alpha value is -1.75. The molecule has 1 aromatic carbocycles. The molecule has 0 spiro atoms. The van der Waals surface area contributed by atoms with Gasteiger partial charge >= 0.3 is 0 Å². The van der Waals surface area contributed by atoms with Gasteiger partial charge < -0.3 is 20.5 Å². The Bertz CT molecular complexity index is 376. The lowest BCUT2D eigenvalue weighted by Crippen LogP contribution is -2.37. The number of nitrogens with two attached hydrogens (primary N) is 1. The topological polar surface area (TPSA) is 75.8 Å². The second kappa shape index (κ2) is 7.55. The van der Waals surface area contributed by atoms with Gasteiger partial charge in [0.2, 0.25) is 0 Å². The maximum Gasteiger partial charge on any atom is 0.260 e. The van der Waals surface area contributed by atoms with Crippen LogP contribution < -0.4 is 10.5 Å². The Labute approximate surface area is 107 Å². The first kappa shape index (κ1) is 14.3. The number of nitrogen functional groups attached to an aromatic ring is 1. The SMILES string of the molecule is CCCN(CCO)C(=O)COc1cccc(N)c1. The summed E-state index contributed by atoms with van der Waals surface area (Å²) >= 11 is 0. The highest BCUT2D eigenvalue weighted by Crippen LogP contribution is 2.14. The molecule has 0 unspecified atom stereocenters. The number of hydrogen-bond acceptors (Lipinski definition) is 4. The molecule has 0 fully saturated rings. The summed E-state index contributed by atoms with van der Waals surface area (Å²) in [7, 11) is 0. The van der Waals surface area contributed by atoms with Crippen LogP contribution in [0.25, 0.3) is 0 Å². The summed E-state index contributed by atoms with van der Waals surface area (Å²) in [5.41, 5.74) is 6.21. The molecule has 1 aromatic rings. The van der Waals surface area contributed by atoms with E-state index in [0.29, 0.717) is 24.5 Å². The predicted octanol–water partition coefficient (Wildman–Crippen LogP) is 0.878. The lowest BCUT2D eigenvalue weighted by molar-refractivity contribution is -0.133. The van der Waals surface area contributed by atoms with Gasteiger partial charge in [-0.15, -0.1) is 0 Å². The van der Waals surface area contributed by atoms with E-state index in [1.807, 2.05) is 6.92 Å². The Kier molecular flexibility index (Phi) is 6.00. The molecule has 0 atom stereocenters. The molecule has 1 amide bonds. The average Bonchev–Trinajstić information content (AvgIpc) is 2.36. The molecular formula is C13H20N2O3. The van der Waals surface area contributed by atoms with Crippen molar-refractivity contribution in [3.63, 3.8) is 0 Å². The molecule has 100 valence electrons. The minimum absolute atomic E-state index is 0.0377. The molecule has 0 aromatic heterocycles. The largest absolute Gasteiger partial charge is 0.484 e. The average molecular weight is 252 g/mol. The van der Waals surface area contributed by atoms with E-state index in [2.05, 4.69) is 0 Å². The van der Waals surface area contributed by atoms with Crippen molar-refractivity contribution in [1.29, 1.82) is 0 Å². The van der Waals surface area contributed by atoms with E-state index in [1.165, 1.54) is 0 Å². The van der Waals surface area contributed by atoms with Crippen molar-refractivity contribution < 1.29 is 14.6 Å². The van der Waals surface area contributed by atoms with Gasteiger partial charge in [0.1, 0.15) is 5.75 Å². The smallest absolute Gasteiger partial charge is 0.260 e. The maximum atomic E-state index is 11.8. The van der Waals surface area contributed by atoms with Crippen LogP contribution in [0.1, 0.15) is 13.3 Å². The first-order chi connectivity index (χ1) is 8.67. The van der Waals surface area contributed by atoms with Gasteiger partial charge in [-0.25, -0.2) is 0 Å². The van der Waals surface area contributed by atoms with Gasteiger partial charge in [-0.2, -0.15) is 0 Å². The zero-order valence-electron chi connectivity index (χ0n) is 10.6. The van der Waals surface area contributed by atoms with E-state index < -0.39 is 0 Å². The molecule has 0 radical (unpaired) electrons. The number of hydrogen-bond donors (Lipinski definition) is 2. The first-order valence-electron chi connectivity index (χ1n) is 6.04. The number of nitrogens with zero attached hydrogens (tertiary/aromatic N) is 1. The van der Waals surface area contributed by atoms with Crippen LogP contribution in [-0.4, -0.2) is 42.2 Å². The molecule has 0 saturated heterocycles. The summed E-state index contributed by atoms with van der Waals surface area (Å²) in [6.45, 7) is 2.87.